The van der Waals surface area contributed by atoms with Crippen LogP contribution in [0.5, 0.6) is 11.5 Å². The highest BCUT2D eigenvalue weighted by molar-refractivity contribution is 7.11. The van der Waals surface area contributed by atoms with Gasteiger partial charge < -0.3 is 19.6 Å². The van der Waals surface area contributed by atoms with E-state index in [4.69, 9.17) is 24.6 Å². The number of para-hydroxylation sites is 1. The number of thiazole rings is 1. The van der Waals surface area contributed by atoms with E-state index < -0.39 is 11.5 Å². The molecule has 1 aliphatic rings. The van der Waals surface area contributed by atoms with Crippen molar-refractivity contribution in [2.24, 2.45) is 5.73 Å². The van der Waals surface area contributed by atoms with E-state index in [0.29, 0.717) is 38.6 Å². The van der Waals surface area contributed by atoms with E-state index in [9.17, 15) is 4.79 Å². The quantitative estimate of drug-likeness (QED) is 0.328. The number of allylic oxidation sites excluding steroid dienone is 1. The molecule has 0 bridgehead atoms. The number of hydrogen-bond acceptors (Lipinski definition) is 7. The maximum absolute atomic E-state index is 13.3. The number of nitrogens with two attached hydrogens (primary N) is 1. The Morgan fingerprint density at radius 2 is 1.71 bits per heavy atom. The molecule has 0 spiro atoms. The van der Waals surface area contributed by atoms with Crippen LogP contribution in [0.15, 0.2) is 99.3 Å². The molecule has 2 N–H and O–H groups in total. The summed E-state index contributed by atoms with van der Waals surface area (Å²) in [7, 11) is 1.61. The fourth-order valence-electron chi connectivity index (χ4n) is 4.44. The van der Waals surface area contributed by atoms with Crippen LogP contribution in [0, 0.1) is 0 Å². The topological polar surface area (TPSA) is 87.6 Å². The Bertz CT molecular complexity index is 1640. The molecule has 7 heteroatoms. The third-order valence-corrected chi connectivity index (χ3v) is 6.98. The Balaban J connectivity index is 1.58. The molecule has 0 amide bonds. The van der Waals surface area contributed by atoms with Gasteiger partial charge in [-0.2, -0.15) is 0 Å². The van der Waals surface area contributed by atoms with Crippen molar-refractivity contribution in [1.82, 2.24) is 4.98 Å². The van der Waals surface area contributed by atoms with Gasteiger partial charge in [0.1, 0.15) is 16.3 Å². The van der Waals surface area contributed by atoms with Gasteiger partial charge in [0.25, 0.3) is 0 Å². The molecule has 3 heterocycles. The van der Waals surface area contributed by atoms with Gasteiger partial charge >= 0.3 is 5.63 Å². The number of fused-ring (bicyclic) bond motifs is 3. The number of aromatic nitrogens is 1. The first-order chi connectivity index (χ1) is 17.1. The molecule has 1 atom stereocenters. The molecule has 0 radical (unpaired) electrons. The van der Waals surface area contributed by atoms with Gasteiger partial charge in [-0.1, -0.05) is 54.6 Å². The molecule has 1 unspecified atom stereocenters. The fourth-order valence-corrected chi connectivity index (χ4v) is 5.35. The molecule has 3 aromatic carbocycles. The van der Waals surface area contributed by atoms with Gasteiger partial charge in [0.2, 0.25) is 0 Å². The van der Waals surface area contributed by atoms with Gasteiger partial charge in [-0.05, 0) is 29.8 Å². The first kappa shape index (κ1) is 21.2. The van der Waals surface area contributed by atoms with Gasteiger partial charge in [0.05, 0.1) is 35.2 Å². The van der Waals surface area contributed by atoms with Crippen LogP contribution < -0.4 is 20.8 Å². The molecule has 0 fully saturated rings. The van der Waals surface area contributed by atoms with E-state index in [2.05, 4.69) is 0 Å². The minimum atomic E-state index is -0.528. The normalized spacial score (nSPS) is 15.1. The smallest absolute Gasteiger partial charge is 0.344 e. The van der Waals surface area contributed by atoms with Crippen LogP contribution in [0.3, 0.4) is 0 Å². The van der Waals surface area contributed by atoms with Gasteiger partial charge in [-0.15, -0.1) is 11.3 Å². The number of hydrogen-bond donors (Lipinski definition) is 1. The van der Waals surface area contributed by atoms with Crippen LogP contribution in [0.25, 0.3) is 27.8 Å². The third-order valence-electron chi connectivity index (χ3n) is 6.11. The summed E-state index contributed by atoms with van der Waals surface area (Å²) in [6, 6.07) is 24.8. The fraction of sp³-hybridized carbons (Fsp3) is 0.0714. The Labute approximate surface area is 204 Å². The molecule has 6 rings (SSSR count). The van der Waals surface area contributed by atoms with Gasteiger partial charge in [-0.25, -0.2) is 9.78 Å². The summed E-state index contributed by atoms with van der Waals surface area (Å²) < 4.78 is 17.2. The van der Waals surface area contributed by atoms with E-state index in [1.807, 2.05) is 78.2 Å². The molecular formula is C28H20N2O4S. The molecule has 172 valence electrons. The zero-order valence-electron chi connectivity index (χ0n) is 18.7. The van der Waals surface area contributed by atoms with E-state index in [-0.39, 0.29) is 5.88 Å². The lowest BCUT2D eigenvalue weighted by Crippen LogP contribution is -2.26. The molecule has 0 saturated heterocycles. The van der Waals surface area contributed by atoms with Gasteiger partial charge in [0, 0.05) is 10.9 Å². The maximum Gasteiger partial charge on any atom is 0.344 e. The van der Waals surface area contributed by atoms with E-state index >= 15 is 0 Å². The van der Waals surface area contributed by atoms with Crippen molar-refractivity contribution >= 4 is 27.9 Å². The highest BCUT2D eigenvalue weighted by Gasteiger charge is 2.37. The predicted molar refractivity (Wildman–Crippen MR) is 137 cm³/mol. The van der Waals surface area contributed by atoms with Crippen molar-refractivity contribution in [3.8, 4) is 22.8 Å². The first-order valence-electron chi connectivity index (χ1n) is 11.0. The predicted octanol–water partition coefficient (Wildman–Crippen LogP) is 5.78. The molecule has 35 heavy (non-hydrogen) atoms. The molecule has 0 aliphatic carbocycles. The minimum absolute atomic E-state index is 0.211. The standard InChI is InChI=1S/C28H20N2O4S/c1-32-18-13-11-17(12-14-18)22-23-25(19-9-5-6-10-21(19)33-28(23)31)34-26(29)24(22)27-30-20(15-35-27)16-7-3-2-4-8-16/h2-15,22H,29H2,1H3. The molecule has 5 aromatic rings. The number of methoxy groups -OCH3 is 1. The van der Waals surface area contributed by atoms with E-state index in [0.717, 1.165) is 16.8 Å². The van der Waals surface area contributed by atoms with Crippen molar-refractivity contribution in [3.63, 3.8) is 0 Å². The molecule has 2 aromatic heterocycles. The summed E-state index contributed by atoms with van der Waals surface area (Å²) in [6.07, 6.45) is 0. The second-order valence-electron chi connectivity index (χ2n) is 8.12. The summed E-state index contributed by atoms with van der Waals surface area (Å²) >= 11 is 1.46. The lowest BCUT2D eigenvalue weighted by Gasteiger charge is -2.28. The zero-order chi connectivity index (χ0) is 23.9. The van der Waals surface area contributed by atoms with Crippen LogP contribution in [0.2, 0.25) is 0 Å². The zero-order valence-corrected chi connectivity index (χ0v) is 19.5. The summed E-state index contributed by atoms with van der Waals surface area (Å²) in [6.45, 7) is 0. The van der Waals surface area contributed by atoms with Crippen molar-refractivity contribution in [2.75, 3.05) is 7.11 Å². The van der Waals surface area contributed by atoms with Gasteiger partial charge in [-0.3, -0.25) is 0 Å². The van der Waals surface area contributed by atoms with Crippen molar-refractivity contribution < 1.29 is 13.9 Å². The van der Waals surface area contributed by atoms with Crippen LogP contribution in [0.1, 0.15) is 22.1 Å². The second-order valence-corrected chi connectivity index (χ2v) is 8.98. The van der Waals surface area contributed by atoms with Gasteiger partial charge in [0.15, 0.2) is 11.6 Å². The summed E-state index contributed by atoms with van der Waals surface area (Å²) in [5.74, 6) is 0.813. The Morgan fingerprint density at radius 3 is 2.49 bits per heavy atom. The second kappa shape index (κ2) is 8.45. The number of ether oxygens (including phenoxy) is 2. The third kappa shape index (κ3) is 3.57. The highest BCUT2D eigenvalue weighted by Crippen LogP contribution is 2.48. The average Bonchev–Trinajstić information content (AvgIpc) is 3.38. The summed E-state index contributed by atoms with van der Waals surface area (Å²) in [4.78, 5) is 18.2. The van der Waals surface area contributed by atoms with Crippen molar-refractivity contribution in [2.45, 2.75) is 5.92 Å². The summed E-state index contributed by atoms with van der Waals surface area (Å²) in [5, 5.41) is 3.35. The van der Waals surface area contributed by atoms with Crippen molar-refractivity contribution in [3.05, 3.63) is 117 Å². The Kier molecular flexibility index (Phi) is 5.12. The summed E-state index contributed by atoms with van der Waals surface area (Å²) in [5.41, 5.74) is 10.3. The van der Waals surface area contributed by atoms with Crippen LogP contribution in [0.4, 0.5) is 0 Å². The molecule has 0 saturated carbocycles. The van der Waals surface area contributed by atoms with Crippen LogP contribution in [-0.4, -0.2) is 12.1 Å². The Morgan fingerprint density at radius 1 is 0.971 bits per heavy atom. The lowest BCUT2D eigenvalue weighted by atomic mass is 9.83. The first-order valence-corrected chi connectivity index (χ1v) is 11.9. The van der Waals surface area contributed by atoms with Crippen molar-refractivity contribution in [1.29, 1.82) is 0 Å². The number of nitrogens with zero attached hydrogens (tertiary/aromatic N) is 1. The SMILES string of the molecule is COc1ccc(C2C(c3nc(-c4ccccc4)cs3)=C(N)Oc3c2c(=O)oc2ccccc32)cc1. The lowest BCUT2D eigenvalue weighted by molar-refractivity contribution is 0.399. The molecule has 1 aliphatic heterocycles. The number of benzene rings is 3. The molecular weight excluding hydrogens is 460 g/mol. The average molecular weight is 481 g/mol. The highest BCUT2D eigenvalue weighted by atomic mass is 32.1. The van der Waals surface area contributed by atoms with Crippen LogP contribution in [-0.2, 0) is 0 Å². The Hall–Kier alpha value is -4.36. The monoisotopic (exact) mass is 480 g/mol. The minimum Gasteiger partial charge on any atom is -0.497 e. The number of rotatable bonds is 4. The van der Waals surface area contributed by atoms with E-state index in [1.54, 1.807) is 13.2 Å². The molecule has 6 nitrogen and oxygen atoms in total. The van der Waals surface area contributed by atoms with Crippen LogP contribution >= 0.6 is 11.3 Å². The largest absolute Gasteiger partial charge is 0.497 e. The maximum atomic E-state index is 13.3. The van der Waals surface area contributed by atoms with E-state index in [1.165, 1.54) is 11.3 Å².